The van der Waals surface area contributed by atoms with Crippen molar-refractivity contribution in [2.24, 2.45) is 0 Å². The fourth-order valence-electron chi connectivity index (χ4n) is 3.31. The normalized spacial score (nSPS) is 10.8. The van der Waals surface area contributed by atoms with Crippen LogP contribution < -0.4 is 20.1 Å². The Morgan fingerprint density at radius 1 is 1.00 bits per heavy atom. The van der Waals surface area contributed by atoms with E-state index < -0.39 is 5.91 Å². The number of anilines is 2. The summed E-state index contributed by atoms with van der Waals surface area (Å²) in [6, 6.07) is 18.5. The second kappa shape index (κ2) is 12.2. The molecule has 7 nitrogen and oxygen atoms in total. The zero-order valence-corrected chi connectivity index (χ0v) is 22.6. The van der Waals surface area contributed by atoms with Crippen LogP contribution in [0, 0.1) is 35.7 Å². The van der Waals surface area contributed by atoms with Gasteiger partial charge in [0.1, 0.15) is 11.6 Å². The van der Waals surface area contributed by atoms with Crippen LogP contribution in [0.1, 0.15) is 22.3 Å². The number of nitrogens with zero attached hydrogens (tertiary/aromatic N) is 1. The molecule has 0 aliphatic carbocycles. The molecule has 2 amide bonds. The molecule has 3 aromatic carbocycles. The number of amides is 2. The molecule has 0 saturated heterocycles. The molecule has 0 atom stereocenters. The first-order valence-corrected chi connectivity index (χ1v) is 12.1. The molecule has 2 N–H and O–H groups in total. The van der Waals surface area contributed by atoms with E-state index in [1.54, 1.807) is 24.3 Å². The highest BCUT2D eigenvalue weighted by atomic mass is 127. The first-order chi connectivity index (χ1) is 17.2. The number of benzene rings is 3. The summed E-state index contributed by atoms with van der Waals surface area (Å²) in [5, 5.41) is 15.1. The van der Waals surface area contributed by atoms with Crippen LogP contribution in [0.5, 0.6) is 11.5 Å². The largest absolute Gasteiger partial charge is 0.493 e. The van der Waals surface area contributed by atoms with E-state index in [1.165, 1.54) is 13.2 Å². The molecule has 0 radical (unpaired) electrons. The van der Waals surface area contributed by atoms with Crippen LogP contribution in [-0.2, 0) is 9.59 Å². The van der Waals surface area contributed by atoms with Crippen LogP contribution in [0.3, 0.4) is 0 Å². The predicted octanol–water partition coefficient (Wildman–Crippen LogP) is 5.79. The molecule has 0 fully saturated rings. The number of carbonyl (C=O) groups excluding carboxylic acids is 2. The number of hydrogen-bond acceptors (Lipinski definition) is 5. The zero-order chi connectivity index (χ0) is 26.2. The summed E-state index contributed by atoms with van der Waals surface area (Å²) in [7, 11) is 1.48. The number of ether oxygens (including phenoxy) is 2. The molecular formula is C28H26IN3O4. The van der Waals surface area contributed by atoms with Crippen molar-refractivity contribution >= 4 is 51.9 Å². The van der Waals surface area contributed by atoms with Gasteiger partial charge in [-0.05, 0) is 96.5 Å². The van der Waals surface area contributed by atoms with Gasteiger partial charge in [-0.15, -0.1) is 0 Å². The van der Waals surface area contributed by atoms with Crippen LogP contribution in [0.2, 0.25) is 0 Å². The highest BCUT2D eigenvalue weighted by Crippen LogP contribution is 2.34. The van der Waals surface area contributed by atoms with Crippen LogP contribution in [0.25, 0.3) is 6.08 Å². The van der Waals surface area contributed by atoms with Gasteiger partial charge in [0.2, 0.25) is 0 Å². The van der Waals surface area contributed by atoms with Gasteiger partial charge in [0.25, 0.3) is 11.8 Å². The molecule has 0 saturated carbocycles. The van der Waals surface area contributed by atoms with Gasteiger partial charge in [-0.2, -0.15) is 5.26 Å². The van der Waals surface area contributed by atoms with Gasteiger partial charge in [-0.25, -0.2) is 0 Å². The summed E-state index contributed by atoms with van der Waals surface area (Å²) < 4.78 is 11.9. The minimum atomic E-state index is -0.515. The van der Waals surface area contributed by atoms with Crippen LogP contribution in [0.15, 0.2) is 60.2 Å². The summed E-state index contributed by atoms with van der Waals surface area (Å²) in [5.41, 5.74) is 4.92. The molecule has 0 unspecified atom stereocenters. The number of carbonyl (C=O) groups is 2. The average Bonchev–Trinajstić information content (AvgIpc) is 2.85. The van der Waals surface area contributed by atoms with Crippen molar-refractivity contribution in [2.75, 3.05) is 24.4 Å². The van der Waals surface area contributed by atoms with Crippen molar-refractivity contribution in [1.82, 2.24) is 0 Å². The summed E-state index contributed by atoms with van der Waals surface area (Å²) >= 11 is 2.06. The van der Waals surface area contributed by atoms with E-state index in [-0.39, 0.29) is 18.1 Å². The van der Waals surface area contributed by atoms with Gasteiger partial charge in [0, 0.05) is 11.4 Å². The number of hydrogen-bond donors (Lipinski definition) is 2. The third kappa shape index (κ3) is 7.09. The Bertz CT molecular complexity index is 1360. The van der Waals surface area contributed by atoms with Crippen LogP contribution in [0.4, 0.5) is 11.4 Å². The van der Waals surface area contributed by atoms with E-state index in [4.69, 9.17) is 9.47 Å². The van der Waals surface area contributed by atoms with Crippen molar-refractivity contribution < 1.29 is 19.1 Å². The molecule has 0 spiro atoms. The Labute approximate surface area is 224 Å². The number of nitrogens with one attached hydrogen (secondary N) is 2. The number of nitriles is 1. The predicted molar refractivity (Wildman–Crippen MR) is 149 cm³/mol. The average molecular weight is 595 g/mol. The lowest BCUT2D eigenvalue weighted by atomic mass is 10.1. The van der Waals surface area contributed by atoms with Gasteiger partial charge in [-0.3, -0.25) is 9.59 Å². The molecule has 36 heavy (non-hydrogen) atoms. The summed E-state index contributed by atoms with van der Waals surface area (Å²) in [5.74, 6) is -0.0401. The lowest BCUT2D eigenvalue weighted by Crippen LogP contribution is -2.21. The highest BCUT2D eigenvalue weighted by Gasteiger charge is 2.16. The highest BCUT2D eigenvalue weighted by molar-refractivity contribution is 14.1. The Hall–Kier alpha value is -3.84. The molecular weight excluding hydrogens is 569 g/mol. The number of aryl methyl sites for hydroxylation is 3. The fourth-order valence-corrected chi connectivity index (χ4v) is 4.09. The van der Waals surface area contributed by atoms with E-state index in [0.717, 1.165) is 22.4 Å². The van der Waals surface area contributed by atoms with E-state index in [1.807, 2.05) is 57.2 Å². The smallest absolute Gasteiger partial charge is 0.266 e. The molecule has 0 heterocycles. The molecule has 0 bridgehead atoms. The molecule has 8 heteroatoms. The standard InChI is InChI=1S/C28H26IN3O4/c1-17-6-9-22(10-7-17)31-28(34)21(15-30)12-20-13-23(29)27(25(14-20)35-4)36-16-26(33)32-24-11-18(2)5-8-19(24)3/h5-14H,16H2,1-4H3,(H,31,34)(H,32,33)/b21-12-. The van der Waals surface area contributed by atoms with Crippen molar-refractivity contribution in [3.8, 4) is 17.6 Å². The van der Waals surface area contributed by atoms with Gasteiger partial charge in [0.05, 0.1) is 10.7 Å². The molecule has 0 aromatic heterocycles. The molecule has 184 valence electrons. The van der Waals surface area contributed by atoms with Crippen molar-refractivity contribution in [1.29, 1.82) is 5.26 Å². The molecule has 3 rings (SSSR count). The fraction of sp³-hybridized carbons (Fsp3) is 0.179. The van der Waals surface area contributed by atoms with Crippen LogP contribution in [-0.4, -0.2) is 25.5 Å². The van der Waals surface area contributed by atoms with Gasteiger partial charge >= 0.3 is 0 Å². The van der Waals surface area contributed by atoms with E-state index in [9.17, 15) is 14.9 Å². The summed E-state index contributed by atoms with van der Waals surface area (Å²) in [4.78, 5) is 25.1. The molecule has 0 aliphatic rings. The Kier molecular flexibility index (Phi) is 9.08. The summed E-state index contributed by atoms with van der Waals surface area (Å²) in [6.45, 7) is 5.62. The summed E-state index contributed by atoms with van der Waals surface area (Å²) in [6.07, 6.45) is 1.48. The maximum absolute atomic E-state index is 12.6. The SMILES string of the molecule is COc1cc(/C=C(/C#N)C(=O)Nc2ccc(C)cc2)cc(I)c1OCC(=O)Nc1cc(C)ccc1C. The first kappa shape index (κ1) is 26.8. The number of rotatable bonds is 8. The lowest BCUT2D eigenvalue weighted by Gasteiger charge is -2.14. The second-order valence-corrected chi connectivity index (χ2v) is 9.34. The number of methoxy groups -OCH3 is 1. The maximum atomic E-state index is 12.6. The first-order valence-electron chi connectivity index (χ1n) is 11.1. The minimum Gasteiger partial charge on any atom is -0.493 e. The van der Waals surface area contributed by atoms with Gasteiger partial charge in [-0.1, -0.05) is 29.8 Å². The topological polar surface area (TPSA) is 100 Å². The van der Waals surface area contributed by atoms with E-state index >= 15 is 0 Å². The Morgan fingerprint density at radius 3 is 2.36 bits per heavy atom. The lowest BCUT2D eigenvalue weighted by molar-refractivity contribution is -0.118. The zero-order valence-electron chi connectivity index (χ0n) is 20.4. The molecule has 0 aliphatic heterocycles. The van der Waals surface area contributed by atoms with Gasteiger partial charge in [0.15, 0.2) is 18.1 Å². The maximum Gasteiger partial charge on any atom is 0.266 e. The van der Waals surface area contributed by atoms with Gasteiger partial charge < -0.3 is 20.1 Å². The third-order valence-electron chi connectivity index (χ3n) is 5.25. The van der Waals surface area contributed by atoms with E-state index in [2.05, 4.69) is 33.2 Å². The quantitative estimate of drug-likeness (QED) is 0.195. The van der Waals surface area contributed by atoms with E-state index in [0.29, 0.717) is 26.3 Å². The van der Waals surface area contributed by atoms with Crippen molar-refractivity contribution in [3.05, 3.63) is 86.0 Å². The second-order valence-electron chi connectivity index (χ2n) is 8.18. The Balaban J connectivity index is 1.74. The number of halogens is 1. The van der Waals surface area contributed by atoms with Crippen molar-refractivity contribution in [3.63, 3.8) is 0 Å². The van der Waals surface area contributed by atoms with Crippen LogP contribution >= 0.6 is 22.6 Å². The van der Waals surface area contributed by atoms with Crippen molar-refractivity contribution in [2.45, 2.75) is 20.8 Å². The minimum absolute atomic E-state index is 0.0602. The molecule has 3 aromatic rings. The monoisotopic (exact) mass is 595 g/mol. The third-order valence-corrected chi connectivity index (χ3v) is 6.05. The Morgan fingerprint density at radius 2 is 1.69 bits per heavy atom.